The average Bonchev–Trinajstić information content (AvgIpc) is 2.69. The summed E-state index contributed by atoms with van der Waals surface area (Å²) in [5, 5.41) is 5.30. The molecule has 2 aromatic carbocycles. The van der Waals surface area contributed by atoms with Crippen LogP contribution in [0.5, 0.6) is 0 Å². The summed E-state index contributed by atoms with van der Waals surface area (Å²) in [6.45, 7) is 1.87. The molecule has 0 spiro atoms. The molecule has 8 heteroatoms. The van der Waals surface area contributed by atoms with Crippen LogP contribution < -0.4 is 10.6 Å². The van der Waals surface area contributed by atoms with Crippen LogP contribution in [-0.4, -0.2) is 19.4 Å². The van der Waals surface area contributed by atoms with Crippen molar-refractivity contribution >= 4 is 21.6 Å². The predicted molar refractivity (Wildman–Crippen MR) is 103 cm³/mol. The maximum absolute atomic E-state index is 13.7. The van der Waals surface area contributed by atoms with Gasteiger partial charge in [0.1, 0.15) is 5.82 Å². The predicted octanol–water partition coefficient (Wildman–Crippen LogP) is 3.68. The number of amides is 2. The van der Waals surface area contributed by atoms with Crippen LogP contribution in [0, 0.1) is 12.7 Å². The van der Waals surface area contributed by atoms with Crippen LogP contribution in [0.4, 0.5) is 14.9 Å². The lowest BCUT2D eigenvalue weighted by Gasteiger charge is -2.09. The Morgan fingerprint density at radius 2 is 1.79 bits per heavy atom. The van der Waals surface area contributed by atoms with E-state index in [4.69, 9.17) is 0 Å². The Labute approximate surface area is 162 Å². The highest BCUT2D eigenvalue weighted by Gasteiger charge is 2.19. The minimum atomic E-state index is -3.84. The number of carbonyl (C=O) groups excluding carboxylic acids is 1. The number of pyridine rings is 1. The van der Waals surface area contributed by atoms with Gasteiger partial charge >= 0.3 is 6.03 Å². The van der Waals surface area contributed by atoms with E-state index in [9.17, 15) is 17.6 Å². The highest BCUT2D eigenvalue weighted by Crippen LogP contribution is 2.24. The number of halogens is 1. The molecule has 1 aromatic heterocycles. The van der Waals surface area contributed by atoms with Crippen molar-refractivity contribution in [3.05, 3.63) is 83.9 Å². The second kappa shape index (κ2) is 8.18. The van der Waals surface area contributed by atoms with Gasteiger partial charge in [0.2, 0.25) is 9.84 Å². The van der Waals surface area contributed by atoms with Crippen molar-refractivity contribution in [1.82, 2.24) is 10.3 Å². The van der Waals surface area contributed by atoms with E-state index in [1.54, 1.807) is 25.4 Å². The lowest BCUT2D eigenvalue weighted by Crippen LogP contribution is -2.28. The van der Waals surface area contributed by atoms with E-state index in [0.717, 1.165) is 11.6 Å². The maximum Gasteiger partial charge on any atom is 0.319 e. The lowest BCUT2D eigenvalue weighted by molar-refractivity contribution is 0.251. The third-order valence-corrected chi connectivity index (χ3v) is 5.82. The quantitative estimate of drug-likeness (QED) is 0.685. The first-order valence-electron chi connectivity index (χ1n) is 8.41. The number of rotatable bonds is 5. The Kier molecular flexibility index (Phi) is 5.70. The summed E-state index contributed by atoms with van der Waals surface area (Å²) in [4.78, 5) is 15.8. The number of urea groups is 1. The number of anilines is 1. The summed E-state index contributed by atoms with van der Waals surface area (Å²) in [6, 6.07) is 12.6. The van der Waals surface area contributed by atoms with Crippen molar-refractivity contribution in [1.29, 1.82) is 0 Å². The normalized spacial score (nSPS) is 11.1. The maximum atomic E-state index is 13.7. The van der Waals surface area contributed by atoms with E-state index in [1.807, 2.05) is 6.07 Å². The first-order valence-corrected chi connectivity index (χ1v) is 9.89. The molecule has 0 aliphatic rings. The van der Waals surface area contributed by atoms with Gasteiger partial charge in [0.25, 0.3) is 0 Å². The van der Waals surface area contributed by atoms with Gasteiger partial charge in [-0.15, -0.1) is 0 Å². The van der Waals surface area contributed by atoms with E-state index in [1.165, 1.54) is 36.4 Å². The molecule has 3 rings (SSSR count). The fourth-order valence-electron chi connectivity index (χ4n) is 2.45. The first-order chi connectivity index (χ1) is 13.4. The number of carbonyl (C=O) groups is 1. The van der Waals surface area contributed by atoms with Crippen LogP contribution in [-0.2, 0) is 16.4 Å². The number of aromatic nitrogens is 1. The number of nitrogens with one attached hydrogen (secondary N) is 2. The summed E-state index contributed by atoms with van der Waals surface area (Å²) in [5.74, 6) is -0.579. The van der Waals surface area contributed by atoms with Gasteiger partial charge in [-0.2, -0.15) is 0 Å². The van der Waals surface area contributed by atoms with Crippen LogP contribution in [0.2, 0.25) is 0 Å². The summed E-state index contributed by atoms with van der Waals surface area (Å²) in [7, 11) is -3.84. The molecule has 0 bridgehead atoms. The zero-order valence-electron chi connectivity index (χ0n) is 15.0. The van der Waals surface area contributed by atoms with Crippen molar-refractivity contribution in [2.45, 2.75) is 23.3 Å². The van der Waals surface area contributed by atoms with Crippen molar-refractivity contribution in [2.24, 2.45) is 0 Å². The van der Waals surface area contributed by atoms with E-state index in [2.05, 4.69) is 15.6 Å². The summed E-state index contributed by atoms with van der Waals surface area (Å²) in [5.41, 5.74) is 1.65. The molecule has 2 N–H and O–H groups in total. The molecule has 2 amide bonds. The Bertz CT molecular complexity index is 1090. The number of hydrogen-bond donors (Lipinski definition) is 2. The molecular weight excluding hydrogens is 381 g/mol. The largest absolute Gasteiger partial charge is 0.334 e. The van der Waals surface area contributed by atoms with Crippen molar-refractivity contribution in [3.63, 3.8) is 0 Å². The van der Waals surface area contributed by atoms with Crippen LogP contribution in [0.25, 0.3) is 0 Å². The zero-order chi connectivity index (χ0) is 20.1. The standard InChI is InChI=1S/C20H18FN3O3S/c1-14-4-7-18(11-19(14)21)28(26,27)17-8-5-16(6-9-17)24-20(25)23-13-15-3-2-10-22-12-15/h2-12H,13H2,1H3,(H2,23,24,25). The SMILES string of the molecule is Cc1ccc(S(=O)(=O)c2ccc(NC(=O)NCc3cccnc3)cc2)cc1F. The van der Waals surface area contributed by atoms with Gasteiger partial charge in [-0.1, -0.05) is 12.1 Å². The molecule has 0 aliphatic carbocycles. The number of nitrogens with zero attached hydrogens (tertiary/aromatic N) is 1. The molecule has 0 saturated carbocycles. The molecular formula is C20H18FN3O3S. The highest BCUT2D eigenvalue weighted by atomic mass is 32.2. The summed E-state index contributed by atoms with van der Waals surface area (Å²) >= 11 is 0. The van der Waals surface area contributed by atoms with Crippen LogP contribution in [0.3, 0.4) is 0 Å². The van der Waals surface area contributed by atoms with Crippen molar-refractivity contribution in [2.75, 3.05) is 5.32 Å². The van der Waals surface area contributed by atoms with Crippen LogP contribution >= 0.6 is 0 Å². The van der Waals surface area contributed by atoms with Crippen molar-refractivity contribution in [3.8, 4) is 0 Å². The zero-order valence-corrected chi connectivity index (χ0v) is 15.8. The van der Waals surface area contributed by atoms with Gasteiger partial charge < -0.3 is 10.6 Å². The van der Waals surface area contributed by atoms with Gasteiger partial charge in [-0.25, -0.2) is 17.6 Å². The molecule has 1 heterocycles. The van der Waals surface area contributed by atoms with E-state index in [0.29, 0.717) is 17.8 Å². The molecule has 28 heavy (non-hydrogen) atoms. The topological polar surface area (TPSA) is 88.2 Å². The summed E-state index contributed by atoms with van der Waals surface area (Å²) < 4.78 is 38.9. The average molecular weight is 399 g/mol. The number of hydrogen-bond acceptors (Lipinski definition) is 4. The minimum Gasteiger partial charge on any atom is -0.334 e. The van der Waals surface area contributed by atoms with Crippen LogP contribution in [0.15, 0.2) is 76.8 Å². The minimum absolute atomic E-state index is 0.0112. The molecule has 0 aliphatic heterocycles. The molecule has 0 saturated heterocycles. The van der Waals surface area contributed by atoms with Gasteiger partial charge in [-0.3, -0.25) is 4.98 Å². The Morgan fingerprint density at radius 3 is 2.43 bits per heavy atom. The van der Waals surface area contributed by atoms with Crippen molar-refractivity contribution < 1.29 is 17.6 Å². The molecule has 6 nitrogen and oxygen atoms in total. The third-order valence-electron chi connectivity index (χ3n) is 4.05. The molecule has 144 valence electrons. The van der Waals surface area contributed by atoms with Gasteiger partial charge in [0.15, 0.2) is 0 Å². The molecule has 0 fully saturated rings. The second-order valence-electron chi connectivity index (χ2n) is 6.11. The van der Waals surface area contributed by atoms with Gasteiger partial charge in [0, 0.05) is 24.6 Å². The lowest BCUT2D eigenvalue weighted by atomic mass is 10.2. The molecule has 0 unspecified atom stereocenters. The highest BCUT2D eigenvalue weighted by molar-refractivity contribution is 7.91. The number of sulfone groups is 1. The van der Waals surface area contributed by atoms with Gasteiger partial charge in [0.05, 0.1) is 9.79 Å². The van der Waals surface area contributed by atoms with E-state index < -0.39 is 21.7 Å². The first kappa shape index (κ1) is 19.5. The number of benzene rings is 2. The fraction of sp³-hybridized carbons (Fsp3) is 0.100. The van der Waals surface area contributed by atoms with E-state index in [-0.39, 0.29) is 9.79 Å². The summed E-state index contributed by atoms with van der Waals surface area (Å²) in [6.07, 6.45) is 3.29. The van der Waals surface area contributed by atoms with Crippen LogP contribution in [0.1, 0.15) is 11.1 Å². The Balaban J connectivity index is 1.67. The second-order valence-corrected chi connectivity index (χ2v) is 8.06. The monoisotopic (exact) mass is 399 g/mol. The fourth-order valence-corrected chi connectivity index (χ4v) is 3.73. The van der Waals surface area contributed by atoms with E-state index >= 15 is 0 Å². The molecule has 3 aromatic rings. The molecule has 0 atom stereocenters. The van der Waals surface area contributed by atoms with Gasteiger partial charge in [-0.05, 0) is 60.5 Å². The molecule has 0 radical (unpaired) electrons. The Hall–Kier alpha value is -3.26. The smallest absolute Gasteiger partial charge is 0.319 e. The Morgan fingerprint density at radius 1 is 1.07 bits per heavy atom. The third kappa shape index (κ3) is 4.52. The number of aryl methyl sites for hydroxylation is 1.